The molecule has 0 fully saturated rings. The highest BCUT2D eigenvalue weighted by atomic mass is 35.5. The van der Waals surface area contributed by atoms with Crippen molar-refractivity contribution in [2.75, 3.05) is 10.1 Å². The summed E-state index contributed by atoms with van der Waals surface area (Å²) in [5, 5.41) is 26.3. The average Bonchev–Trinajstić information content (AvgIpc) is 2.73. The monoisotopic (exact) mass is 475 g/mol. The summed E-state index contributed by atoms with van der Waals surface area (Å²) in [6.07, 6.45) is 1.30. The van der Waals surface area contributed by atoms with E-state index in [2.05, 4.69) is 15.2 Å². The summed E-state index contributed by atoms with van der Waals surface area (Å²) in [5.41, 5.74) is 2.54. The van der Waals surface area contributed by atoms with E-state index < -0.39 is 25.6 Å². The van der Waals surface area contributed by atoms with Gasteiger partial charge in [-0.15, -0.1) is 0 Å². The maximum atomic E-state index is 12.6. The van der Waals surface area contributed by atoms with Gasteiger partial charge in [0, 0.05) is 23.2 Å². The standard InChI is InChI=1S/C19H14ClN5O6S/c20-14-2-1-3-15(10-14)23-32(30,31)17-8-9-18(19(11-17)25(28)29)22-21-12-13-4-6-16(7-5-13)24(26)27/h1-12,22-23H/b21-12+. The van der Waals surface area contributed by atoms with Gasteiger partial charge >= 0.3 is 0 Å². The van der Waals surface area contributed by atoms with E-state index in [-0.39, 0.29) is 22.0 Å². The fourth-order valence-corrected chi connectivity index (χ4v) is 3.81. The van der Waals surface area contributed by atoms with Crippen molar-refractivity contribution < 1.29 is 18.3 Å². The van der Waals surface area contributed by atoms with Crippen LogP contribution in [0.25, 0.3) is 0 Å². The zero-order chi connectivity index (χ0) is 23.3. The van der Waals surface area contributed by atoms with Crippen molar-refractivity contribution in [3.8, 4) is 0 Å². The van der Waals surface area contributed by atoms with Gasteiger partial charge in [-0.05, 0) is 48.0 Å². The van der Waals surface area contributed by atoms with E-state index in [1.165, 1.54) is 54.7 Å². The van der Waals surface area contributed by atoms with Crippen LogP contribution in [0.1, 0.15) is 5.56 Å². The minimum atomic E-state index is -4.11. The lowest BCUT2D eigenvalue weighted by Gasteiger charge is -2.09. The van der Waals surface area contributed by atoms with Crippen LogP contribution in [0.3, 0.4) is 0 Å². The summed E-state index contributed by atoms with van der Waals surface area (Å²) in [5.74, 6) is 0. The van der Waals surface area contributed by atoms with Crippen LogP contribution < -0.4 is 10.1 Å². The number of hydrogen-bond acceptors (Lipinski definition) is 8. The summed E-state index contributed by atoms with van der Waals surface area (Å²) in [6, 6.07) is 14.8. The van der Waals surface area contributed by atoms with Gasteiger partial charge < -0.3 is 0 Å². The SMILES string of the molecule is O=[N+]([O-])c1ccc(/C=N/Nc2ccc(S(=O)(=O)Nc3cccc(Cl)c3)cc2[N+](=O)[O-])cc1. The van der Waals surface area contributed by atoms with Crippen molar-refractivity contribution in [2.24, 2.45) is 5.10 Å². The molecule has 0 heterocycles. The first-order chi connectivity index (χ1) is 15.2. The summed E-state index contributed by atoms with van der Waals surface area (Å²) < 4.78 is 27.5. The lowest BCUT2D eigenvalue weighted by atomic mass is 10.2. The van der Waals surface area contributed by atoms with Crippen molar-refractivity contribution in [3.05, 3.63) is 97.5 Å². The fraction of sp³-hybridized carbons (Fsp3) is 0. The predicted octanol–water partition coefficient (Wildman–Crippen LogP) is 4.40. The molecule has 0 aliphatic rings. The second-order valence-corrected chi connectivity index (χ2v) is 8.39. The number of sulfonamides is 1. The Bertz CT molecular complexity index is 1310. The topological polar surface area (TPSA) is 157 Å². The number of nitro benzene ring substituents is 2. The lowest BCUT2D eigenvalue weighted by Crippen LogP contribution is -2.13. The van der Waals surface area contributed by atoms with Gasteiger partial charge in [0.1, 0.15) is 5.69 Å². The van der Waals surface area contributed by atoms with E-state index in [9.17, 15) is 28.6 Å². The lowest BCUT2D eigenvalue weighted by molar-refractivity contribution is -0.384. The van der Waals surface area contributed by atoms with E-state index in [0.29, 0.717) is 10.6 Å². The molecule has 13 heteroatoms. The quantitative estimate of drug-likeness (QED) is 0.277. The summed E-state index contributed by atoms with van der Waals surface area (Å²) in [4.78, 5) is 20.5. The zero-order valence-corrected chi connectivity index (χ0v) is 17.6. The van der Waals surface area contributed by atoms with E-state index in [1.54, 1.807) is 12.1 Å². The Morgan fingerprint density at radius 2 is 1.66 bits per heavy atom. The van der Waals surface area contributed by atoms with E-state index in [4.69, 9.17) is 11.6 Å². The first-order valence-electron chi connectivity index (χ1n) is 8.76. The molecule has 164 valence electrons. The van der Waals surface area contributed by atoms with Crippen molar-refractivity contribution in [1.29, 1.82) is 0 Å². The third-order valence-electron chi connectivity index (χ3n) is 4.06. The maximum Gasteiger partial charge on any atom is 0.295 e. The number of non-ortho nitro benzene ring substituents is 1. The van der Waals surface area contributed by atoms with Crippen molar-refractivity contribution in [3.63, 3.8) is 0 Å². The van der Waals surface area contributed by atoms with Gasteiger partial charge in [-0.3, -0.25) is 30.4 Å². The first-order valence-corrected chi connectivity index (χ1v) is 10.6. The van der Waals surface area contributed by atoms with Crippen LogP contribution in [-0.4, -0.2) is 24.5 Å². The van der Waals surface area contributed by atoms with Gasteiger partial charge in [0.2, 0.25) is 0 Å². The highest BCUT2D eigenvalue weighted by molar-refractivity contribution is 7.92. The third kappa shape index (κ3) is 5.56. The molecule has 0 radical (unpaired) electrons. The molecule has 3 rings (SSSR count). The van der Waals surface area contributed by atoms with Gasteiger partial charge in [0.15, 0.2) is 0 Å². The van der Waals surface area contributed by atoms with Crippen LogP contribution in [0, 0.1) is 20.2 Å². The molecule has 32 heavy (non-hydrogen) atoms. The molecule has 3 aromatic carbocycles. The van der Waals surface area contributed by atoms with Gasteiger partial charge in [0.25, 0.3) is 21.4 Å². The van der Waals surface area contributed by atoms with Crippen LogP contribution in [0.15, 0.2) is 76.7 Å². The highest BCUT2D eigenvalue weighted by Gasteiger charge is 2.21. The van der Waals surface area contributed by atoms with Crippen LogP contribution in [0.4, 0.5) is 22.7 Å². The van der Waals surface area contributed by atoms with Gasteiger partial charge in [-0.25, -0.2) is 8.42 Å². The number of rotatable bonds is 8. The Morgan fingerprint density at radius 1 is 0.938 bits per heavy atom. The number of nitrogens with one attached hydrogen (secondary N) is 2. The molecular weight excluding hydrogens is 462 g/mol. The zero-order valence-electron chi connectivity index (χ0n) is 16.0. The molecule has 11 nitrogen and oxygen atoms in total. The number of nitrogens with zero attached hydrogens (tertiary/aromatic N) is 3. The maximum absolute atomic E-state index is 12.6. The van der Waals surface area contributed by atoms with Gasteiger partial charge in [0.05, 0.1) is 26.6 Å². The molecule has 0 bridgehead atoms. The Labute approximate surface area is 186 Å². The van der Waals surface area contributed by atoms with Gasteiger partial charge in [-0.2, -0.15) is 5.10 Å². The first kappa shape index (κ1) is 22.7. The Kier molecular flexibility index (Phi) is 6.66. The van der Waals surface area contributed by atoms with Gasteiger partial charge in [-0.1, -0.05) is 17.7 Å². The normalized spacial score (nSPS) is 11.3. The molecule has 0 aliphatic carbocycles. The molecule has 0 saturated carbocycles. The van der Waals surface area contributed by atoms with Crippen LogP contribution in [0.2, 0.25) is 5.02 Å². The Hall–Kier alpha value is -4.03. The smallest absolute Gasteiger partial charge is 0.280 e. The number of hydrazone groups is 1. The Balaban J connectivity index is 1.81. The van der Waals surface area contributed by atoms with Crippen molar-refractivity contribution in [2.45, 2.75) is 4.90 Å². The molecule has 2 N–H and O–H groups in total. The molecule has 0 atom stereocenters. The van der Waals surface area contributed by atoms with Crippen molar-refractivity contribution in [1.82, 2.24) is 0 Å². The summed E-state index contributed by atoms with van der Waals surface area (Å²) in [6.45, 7) is 0. The molecule has 0 unspecified atom stereocenters. The van der Waals surface area contributed by atoms with Crippen LogP contribution >= 0.6 is 11.6 Å². The number of nitro groups is 2. The minimum absolute atomic E-state index is 0.0464. The summed E-state index contributed by atoms with van der Waals surface area (Å²) in [7, 11) is -4.11. The van der Waals surface area contributed by atoms with Crippen LogP contribution in [0.5, 0.6) is 0 Å². The third-order valence-corrected chi connectivity index (χ3v) is 5.67. The molecular formula is C19H14ClN5O6S. The average molecular weight is 476 g/mol. The highest BCUT2D eigenvalue weighted by Crippen LogP contribution is 2.29. The molecule has 0 saturated heterocycles. The second kappa shape index (κ2) is 9.41. The number of benzene rings is 3. The van der Waals surface area contributed by atoms with E-state index >= 15 is 0 Å². The molecule has 0 spiro atoms. The minimum Gasteiger partial charge on any atom is -0.280 e. The molecule has 0 aliphatic heterocycles. The van der Waals surface area contributed by atoms with Crippen LogP contribution in [-0.2, 0) is 10.0 Å². The van der Waals surface area contributed by atoms with E-state index in [1.807, 2.05) is 0 Å². The number of hydrogen-bond donors (Lipinski definition) is 2. The second-order valence-electron chi connectivity index (χ2n) is 6.27. The number of anilines is 2. The Morgan fingerprint density at radius 3 is 2.28 bits per heavy atom. The predicted molar refractivity (Wildman–Crippen MR) is 120 cm³/mol. The fourth-order valence-electron chi connectivity index (χ4n) is 2.55. The molecule has 3 aromatic rings. The largest absolute Gasteiger partial charge is 0.295 e. The molecule has 0 amide bonds. The molecule has 0 aromatic heterocycles. The van der Waals surface area contributed by atoms with E-state index in [0.717, 1.165) is 6.07 Å². The summed E-state index contributed by atoms with van der Waals surface area (Å²) >= 11 is 5.85. The van der Waals surface area contributed by atoms with Crippen molar-refractivity contribution >= 4 is 50.6 Å². The number of halogens is 1.